The molecule has 5 heteroatoms. The molecule has 0 radical (unpaired) electrons. The molecule has 1 aromatic carbocycles. The zero-order chi connectivity index (χ0) is 14.0. The number of morpholine rings is 1. The number of hydrogen-bond donors (Lipinski definition) is 1. The number of aliphatic hydroxyl groups excluding tert-OH is 1. The van der Waals surface area contributed by atoms with Crippen LogP contribution < -0.4 is 0 Å². The Balaban J connectivity index is 2.11. The summed E-state index contributed by atoms with van der Waals surface area (Å²) in [5.41, 5.74) is 0.611. The predicted octanol–water partition coefficient (Wildman–Crippen LogP) is 2.56. The molecule has 0 saturated carbocycles. The average molecular weight is 332 g/mol. The monoisotopic (exact) mass is 331 g/mol. The van der Waals surface area contributed by atoms with Gasteiger partial charge in [0.1, 0.15) is 5.82 Å². The first kappa shape index (κ1) is 14.9. The smallest absolute Gasteiger partial charge is 0.137 e. The van der Waals surface area contributed by atoms with Gasteiger partial charge < -0.3 is 9.84 Å². The Morgan fingerprint density at radius 2 is 2.26 bits per heavy atom. The fourth-order valence-electron chi connectivity index (χ4n) is 2.54. The zero-order valence-corrected chi connectivity index (χ0v) is 12.8. The molecule has 19 heavy (non-hydrogen) atoms. The Labute approximate surface area is 121 Å². The minimum Gasteiger partial charge on any atom is -0.394 e. The van der Waals surface area contributed by atoms with Crippen LogP contribution in [0.15, 0.2) is 22.7 Å². The van der Waals surface area contributed by atoms with E-state index in [1.165, 1.54) is 6.07 Å². The molecule has 1 aromatic rings. The summed E-state index contributed by atoms with van der Waals surface area (Å²) in [7, 11) is 0. The number of hydrogen-bond acceptors (Lipinski definition) is 3. The summed E-state index contributed by atoms with van der Waals surface area (Å²) >= 11 is 3.29. The maximum absolute atomic E-state index is 13.5. The lowest BCUT2D eigenvalue weighted by molar-refractivity contribution is -0.150. The van der Waals surface area contributed by atoms with Gasteiger partial charge in [-0.05, 0) is 41.4 Å². The van der Waals surface area contributed by atoms with E-state index in [1.807, 2.05) is 19.9 Å². The molecule has 0 amide bonds. The van der Waals surface area contributed by atoms with E-state index >= 15 is 0 Å². The Kier molecular flexibility index (Phi) is 4.61. The standard InChI is InChI=1S/C14H19BrFNO2/c1-14(2)9-17(7-11(8-18)19-14)6-10-4-3-5-12(16)13(10)15/h3-5,11,18H,6-9H2,1-2H3. The van der Waals surface area contributed by atoms with Crippen molar-refractivity contribution in [3.63, 3.8) is 0 Å². The quantitative estimate of drug-likeness (QED) is 0.923. The topological polar surface area (TPSA) is 32.7 Å². The first-order valence-corrected chi connectivity index (χ1v) is 7.14. The highest BCUT2D eigenvalue weighted by atomic mass is 79.9. The molecule has 1 unspecified atom stereocenters. The first-order chi connectivity index (χ1) is 8.91. The van der Waals surface area contributed by atoms with Crippen molar-refractivity contribution in [2.75, 3.05) is 19.7 Å². The van der Waals surface area contributed by atoms with Crippen molar-refractivity contribution in [1.82, 2.24) is 4.90 Å². The lowest BCUT2D eigenvalue weighted by Gasteiger charge is -2.42. The minimum atomic E-state index is -0.300. The van der Waals surface area contributed by atoms with E-state index < -0.39 is 0 Å². The summed E-state index contributed by atoms with van der Waals surface area (Å²) in [6.07, 6.45) is -0.184. The van der Waals surface area contributed by atoms with Crippen LogP contribution in [0.2, 0.25) is 0 Å². The van der Waals surface area contributed by atoms with E-state index in [0.717, 1.165) is 12.1 Å². The molecule has 2 rings (SSSR count). The van der Waals surface area contributed by atoms with Gasteiger partial charge in [0, 0.05) is 19.6 Å². The van der Waals surface area contributed by atoms with Gasteiger partial charge in [-0.3, -0.25) is 4.90 Å². The second-order valence-corrected chi connectivity index (χ2v) is 6.36. The molecule has 1 saturated heterocycles. The van der Waals surface area contributed by atoms with Gasteiger partial charge >= 0.3 is 0 Å². The molecule has 1 atom stereocenters. The molecule has 1 fully saturated rings. The molecule has 1 N–H and O–H groups in total. The number of nitrogens with zero attached hydrogens (tertiary/aromatic N) is 1. The Morgan fingerprint density at radius 3 is 2.95 bits per heavy atom. The Bertz CT molecular complexity index is 453. The minimum absolute atomic E-state index is 0.00422. The van der Waals surface area contributed by atoms with Crippen molar-refractivity contribution in [3.05, 3.63) is 34.1 Å². The van der Waals surface area contributed by atoms with Gasteiger partial charge in [0.15, 0.2) is 0 Å². The van der Waals surface area contributed by atoms with E-state index in [4.69, 9.17) is 4.74 Å². The van der Waals surface area contributed by atoms with Crippen molar-refractivity contribution >= 4 is 15.9 Å². The van der Waals surface area contributed by atoms with E-state index in [2.05, 4.69) is 20.8 Å². The summed E-state index contributed by atoms with van der Waals surface area (Å²) in [4.78, 5) is 2.18. The normalized spacial score (nSPS) is 23.5. The molecule has 3 nitrogen and oxygen atoms in total. The number of rotatable bonds is 3. The molecule has 1 aliphatic rings. The van der Waals surface area contributed by atoms with E-state index in [-0.39, 0.29) is 24.1 Å². The summed E-state index contributed by atoms with van der Waals surface area (Å²) in [6.45, 7) is 6.06. The average Bonchev–Trinajstić information content (AvgIpc) is 2.33. The second-order valence-electron chi connectivity index (χ2n) is 5.56. The van der Waals surface area contributed by atoms with E-state index in [9.17, 15) is 9.50 Å². The SMILES string of the molecule is CC1(C)CN(Cc2cccc(F)c2Br)CC(CO)O1. The van der Waals surface area contributed by atoms with Gasteiger partial charge in [0.05, 0.1) is 22.8 Å². The highest BCUT2D eigenvalue weighted by Crippen LogP contribution is 2.26. The number of ether oxygens (including phenoxy) is 1. The number of halogens is 2. The highest BCUT2D eigenvalue weighted by molar-refractivity contribution is 9.10. The van der Waals surface area contributed by atoms with Gasteiger partial charge in [0.25, 0.3) is 0 Å². The largest absolute Gasteiger partial charge is 0.394 e. The maximum atomic E-state index is 13.5. The van der Waals surface area contributed by atoms with Gasteiger partial charge in [-0.2, -0.15) is 0 Å². The molecule has 0 aliphatic carbocycles. The summed E-state index contributed by atoms with van der Waals surface area (Å²) in [6, 6.07) is 5.06. The van der Waals surface area contributed by atoms with Crippen LogP contribution >= 0.6 is 15.9 Å². The number of benzene rings is 1. The van der Waals surface area contributed by atoms with Crippen LogP contribution in [-0.4, -0.2) is 41.4 Å². The third-order valence-corrected chi connectivity index (χ3v) is 4.07. The molecule has 0 spiro atoms. The molecule has 0 aromatic heterocycles. The van der Waals surface area contributed by atoms with Crippen LogP contribution in [0.25, 0.3) is 0 Å². The van der Waals surface area contributed by atoms with Crippen LogP contribution in [0, 0.1) is 5.82 Å². The molecule has 0 bridgehead atoms. The summed E-state index contributed by atoms with van der Waals surface area (Å²) in [5, 5.41) is 9.28. The zero-order valence-electron chi connectivity index (χ0n) is 11.2. The van der Waals surface area contributed by atoms with Crippen LogP contribution in [0.3, 0.4) is 0 Å². The highest BCUT2D eigenvalue weighted by Gasteiger charge is 2.33. The van der Waals surface area contributed by atoms with Crippen molar-refractivity contribution < 1.29 is 14.2 Å². The number of aliphatic hydroxyl groups is 1. The molecule has 1 aliphatic heterocycles. The Hall–Kier alpha value is -0.490. The fourth-order valence-corrected chi connectivity index (χ4v) is 2.93. The second kappa shape index (κ2) is 5.87. The van der Waals surface area contributed by atoms with Gasteiger partial charge in [-0.25, -0.2) is 4.39 Å². The van der Waals surface area contributed by atoms with Crippen LogP contribution in [-0.2, 0) is 11.3 Å². The van der Waals surface area contributed by atoms with Crippen molar-refractivity contribution in [2.45, 2.75) is 32.1 Å². The molecule has 106 valence electrons. The van der Waals surface area contributed by atoms with Crippen LogP contribution in [0.1, 0.15) is 19.4 Å². The fraction of sp³-hybridized carbons (Fsp3) is 0.571. The molecular weight excluding hydrogens is 313 g/mol. The maximum Gasteiger partial charge on any atom is 0.137 e. The third-order valence-electron chi connectivity index (χ3n) is 3.18. The van der Waals surface area contributed by atoms with Gasteiger partial charge in [-0.15, -0.1) is 0 Å². The van der Waals surface area contributed by atoms with Crippen molar-refractivity contribution in [3.8, 4) is 0 Å². The van der Waals surface area contributed by atoms with Crippen molar-refractivity contribution in [1.29, 1.82) is 0 Å². The lowest BCUT2D eigenvalue weighted by Crippen LogP contribution is -2.53. The van der Waals surface area contributed by atoms with Gasteiger partial charge in [0.2, 0.25) is 0 Å². The third kappa shape index (κ3) is 3.75. The lowest BCUT2D eigenvalue weighted by atomic mass is 10.0. The Morgan fingerprint density at radius 1 is 1.53 bits per heavy atom. The predicted molar refractivity (Wildman–Crippen MR) is 75.4 cm³/mol. The first-order valence-electron chi connectivity index (χ1n) is 6.35. The van der Waals surface area contributed by atoms with E-state index in [0.29, 0.717) is 17.6 Å². The molecule has 1 heterocycles. The van der Waals surface area contributed by atoms with E-state index in [1.54, 1.807) is 6.07 Å². The summed E-state index contributed by atoms with van der Waals surface area (Å²) in [5.74, 6) is -0.247. The summed E-state index contributed by atoms with van der Waals surface area (Å²) < 4.78 is 19.8. The van der Waals surface area contributed by atoms with Crippen molar-refractivity contribution in [2.24, 2.45) is 0 Å². The van der Waals surface area contributed by atoms with Gasteiger partial charge in [-0.1, -0.05) is 12.1 Å². The molecular formula is C14H19BrFNO2. The van der Waals surface area contributed by atoms with Crippen LogP contribution in [0.4, 0.5) is 4.39 Å². The van der Waals surface area contributed by atoms with Crippen LogP contribution in [0.5, 0.6) is 0 Å².